The molecule has 8 rings (SSSR count). The van der Waals surface area contributed by atoms with Crippen molar-refractivity contribution in [3.05, 3.63) is 135 Å². The van der Waals surface area contributed by atoms with Crippen molar-refractivity contribution in [2.45, 2.75) is 103 Å². The number of hydrogen-bond donors (Lipinski definition) is 1. The van der Waals surface area contributed by atoms with Crippen molar-refractivity contribution in [1.29, 1.82) is 0 Å². The molecule has 0 amide bonds. The number of esters is 4. The van der Waals surface area contributed by atoms with Gasteiger partial charge < -0.3 is 47.7 Å². The lowest BCUT2D eigenvalue weighted by molar-refractivity contribution is -0.141. The highest BCUT2D eigenvalue weighted by Gasteiger charge is 2.30. The van der Waals surface area contributed by atoms with E-state index in [9.17, 15) is 24.3 Å². The number of pyridine rings is 1. The van der Waals surface area contributed by atoms with Gasteiger partial charge in [0.15, 0.2) is 0 Å². The second kappa shape index (κ2) is 30.3. The summed E-state index contributed by atoms with van der Waals surface area (Å²) in [5.74, 6) is 3.75. The zero-order valence-corrected chi connectivity index (χ0v) is 45.5. The van der Waals surface area contributed by atoms with Crippen LogP contribution in [-0.4, -0.2) is 73.6 Å². The molecular weight excluding hydrogens is 1020 g/mol. The molecule has 422 valence electrons. The van der Waals surface area contributed by atoms with E-state index in [4.69, 9.17) is 47.6 Å². The van der Waals surface area contributed by atoms with Gasteiger partial charge in [0.1, 0.15) is 46.0 Å². The highest BCUT2D eigenvalue weighted by atomic mass is 16.5. The fourth-order valence-electron chi connectivity index (χ4n) is 9.94. The van der Waals surface area contributed by atoms with Gasteiger partial charge in [-0.05, 0) is 223 Å². The van der Waals surface area contributed by atoms with Gasteiger partial charge in [0.25, 0.3) is 0 Å². The highest BCUT2D eigenvalue weighted by molar-refractivity contribution is 6.08. The van der Waals surface area contributed by atoms with Crippen LogP contribution in [0.2, 0.25) is 0 Å². The zero-order valence-electron chi connectivity index (χ0n) is 45.5. The van der Waals surface area contributed by atoms with Crippen LogP contribution in [0.4, 0.5) is 0 Å². The molecule has 80 heavy (non-hydrogen) atoms. The zero-order chi connectivity index (χ0) is 55.9. The van der Waals surface area contributed by atoms with Crippen molar-refractivity contribution in [3.8, 4) is 51.9 Å². The summed E-state index contributed by atoms with van der Waals surface area (Å²) in [5, 5.41) is 12.6. The number of phenols is 1. The van der Waals surface area contributed by atoms with Crippen LogP contribution >= 0.6 is 0 Å². The average Bonchev–Trinajstić information content (AvgIpc) is 3.52. The monoisotopic (exact) mass is 1090 g/mol. The van der Waals surface area contributed by atoms with E-state index < -0.39 is 11.9 Å². The number of unbranched alkanes of at least 4 members (excludes halogenated alkanes) is 6. The Morgan fingerprint density at radius 2 is 0.863 bits per heavy atom. The van der Waals surface area contributed by atoms with Gasteiger partial charge >= 0.3 is 23.9 Å². The van der Waals surface area contributed by atoms with Crippen molar-refractivity contribution in [3.63, 3.8) is 0 Å². The molecule has 0 bridgehead atoms. The molecule has 2 aliphatic carbocycles. The molecule has 2 fully saturated rings. The number of nitrogens with zero attached hydrogens (tertiary/aromatic N) is 1. The Hall–Kier alpha value is -8.07. The first kappa shape index (κ1) is 58.1. The normalized spacial score (nSPS) is 16.9. The molecule has 1 heterocycles. The molecular formula is C65H73NO14. The lowest BCUT2D eigenvalue weighted by atomic mass is 9.82. The predicted molar refractivity (Wildman–Crippen MR) is 304 cm³/mol. The fourth-order valence-corrected chi connectivity index (χ4v) is 9.94. The van der Waals surface area contributed by atoms with Crippen LogP contribution in [0.1, 0.15) is 103 Å². The van der Waals surface area contributed by atoms with Crippen LogP contribution in [0.25, 0.3) is 21.7 Å². The summed E-state index contributed by atoms with van der Waals surface area (Å²) in [4.78, 5) is 53.6. The molecule has 5 aromatic carbocycles. The van der Waals surface area contributed by atoms with Gasteiger partial charge in [0.2, 0.25) is 5.88 Å². The van der Waals surface area contributed by atoms with Gasteiger partial charge in [-0.2, -0.15) is 0 Å². The molecule has 2 aliphatic rings. The summed E-state index contributed by atoms with van der Waals surface area (Å²) >= 11 is 0. The third-order valence-corrected chi connectivity index (χ3v) is 14.6. The van der Waals surface area contributed by atoms with Gasteiger partial charge in [0, 0.05) is 29.0 Å². The number of ether oxygens (including phenoxy) is 9. The Bertz CT molecular complexity index is 2980. The van der Waals surface area contributed by atoms with Crippen LogP contribution in [0.15, 0.2) is 135 Å². The number of aromatic nitrogens is 1. The number of fused-ring (bicyclic) bond motifs is 3. The summed E-state index contributed by atoms with van der Waals surface area (Å²) in [6, 6.07) is 32.7. The second-order valence-electron chi connectivity index (χ2n) is 20.5. The number of benzene rings is 5. The van der Waals surface area contributed by atoms with Gasteiger partial charge in [-0.1, -0.05) is 13.2 Å². The van der Waals surface area contributed by atoms with Crippen molar-refractivity contribution >= 4 is 45.6 Å². The topological polar surface area (TPSA) is 184 Å². The van der Waals surface area contributed by atoms with Gasteiger partial charge in [-0.3, -0.25) is 9.59 Å². The summed E-state index contributed by atoms with van der Waals surface area (Å²) < 4.78 is 52.4. The van der Waals surface area contributed by atoms with Crippen LogP contribution in [0.3, 0.4) is 0 Å². The molecule has 0 spiro atoms. The standard InChI is InChI=1S/C65H73NO14/c1-3-61(68)74-39-11-7-5-9-37-72-50-25-29-53(30-26-50)79-64(70)47-17-13-45(14-18-47)43-76-55-33-35-57-58-36-34-56(42-60(58)66-63(59(57)41-55)78-52-23-21-49(67)22-24-52)77-44-46-15-19-48(20-16-46)65(71)80-54-31-27-51(28-32-54)73-38-10-6-8-12-40-75-62(69)4-2/h3-4,21-36,41-42,45-48,67H,1-2,5-20,37-40,43-44H2. The fraction of sp³-hybridized carbons (Fsp3) is 0.400. The summed E-state index contributed by atoms with van der Waals surface area (Å²) in [7, 11) is 0. The van der Waals surface area contributed by atoms with Crippen LogP contribution in [-0.2, 0) is 28.7 Å². The van der Waals surface area contributed by atoms with Crippen LogP contribution in [0.5, 0.6) is 51.9 Å². The Labute approximate surface area is 468 Å². The quantitative estimate of drug-likeness (QED) is 0.0148. The lowest BCUT2D eigenvalue weighted by Crippen LogP contribution is -2.27. The highest BCUT2D eigenvalue weighted by Crippen LogP contribution is 2.39. The van der Waals surface area contributed by atoms with Crippen molar-refractivity contribution in [1.82, 2.24) is 4.98 Å². The maximum atomic E-state index is 13.2. The van der Waals surface area contributed by atoms with Gasteiger partial charge in [0.05, 0.1) is 57.0 Å². The second-order valence-corrected chi connectivity index (χ2v) is 20.5. The minimum absolute atomic E-state index is 0.126. The summed E-state index contributed by atoms with van der Waals surface area (Å²) in [6.45, 7) is 9.72. The SMILES string of the molecule is C=CC(=O)OCCCCCCOc1ccc(OC(=O)C2CCC(COc3ccc4c(c3)nc(Oc3ccc(O)cc3)c3cc(OCC5CCC(C(=O)Oc6ccc(OCCCCCCOC(=O)C=C)cc6)CC5)ccc34)CC2)cc1. The first-order valence-electron chi connectivity index (χ1n) is 28.2. The summed E-state index contributed by atoms with van der Waals surface area (Å²) in [6.07, 6.45) is 15.7. The van der Waals surface area contributed by atoms with Crippen molar-refractivity contribution in [2.24, 2.45) is 23.7 Å². The Kier molecular flexibility index (Phi) is 22.0. The van der Waals surface area contributed by atoms with Gasteiger partial charge in [-0.25, -0.2) is 14.6 Å². The van der Waals surface area contributed by atoms with E-state index in [1.54, 1.807) is 48.5 Å². The van der Waals surface area contributed by atoms with E-state index in [1.807, 2.05) is 60.7 Å². The molecule has 1 aromatic heterocycles. The smallest absolute Gasteiger partial charge is 0.330 e. The largest absolute Gasteiger partial charge is 0.508 e. The van der Waals surface area contributed by atoms with E-state index in [2.05, 4.69) is 13.2 Å². The first-order chi connectivity index (χ1) is 39.1. The van der Waals surface area contributed by atoms with Crippen molar-refractivity contribution in [2.75, 3.05) is 39.6 Å². The molecule has 0 atom stereocenters. The molecule has 0 aliphatic heterocycles. The average molecular weight is 1090 g/mol. The lowest BCUT2D eigenvalue weighted by Gasteiger charge is -2.27. The number of aromatic hydroxyl groups is 1. The van der Waals surface area contributed by atoms with Gasteiger partial charge in [-0.15, -0.1) is 0 Å². The minimum atomic E-state index is -0.397. The molecule has 15 heteroatoms. The minimum Gasteiger partial charge on any atom is -0.508 e. The molecule has 0 saturated heterocycles. The molecule has 1 N–H and O–H groups in total. The Balaban J connectivity index is 0.774. The molecule has 0 unspecified atom stereocenters. The van der Waals surface area contributed by atoms with Crippen LogP contribution in [0, 0.1) is 23.7 Å². The first-order valence-corrected chi connectivity index (χ1v) is 28.2. The predicted octanol–water partition coefficient (Wildman–Crippen LogP) is 13.8. The van der Waals surface area contributed by atoms with Crippen molar-refractivity contribution < 1.29 is 66.9 Å². The number of rotatable bonds is 30. The molecule has 6 aromatic rings. The van der Waals surface area contributed by atoms with E-state index in [0.717, 1.165) is 106 Å². The number of hydrogen-bond acceptors (Lipinski definition) is 15. The molecule has 2 saturated carbocycles. The van der Waals surface area contributed by atoms with Crippen LogP contribution < -0.4 is 33.2 Å². The summed E-state index contributed by atoms with van der Waals surface area (Å²) in [5.41, 5.74) is 0.698. The third kappa shape index (κ3) is 18.0. The number of carbonyl (C=O) groups is 4. The molecule has 15 nitrogen and oxygen atoms in total. The number of carbonyl (C=O) groups excluding carboxylic acids is 4. The van der Waals surface area contributed by atoms with E-state index in [1.165, 1.54) is 12.2 Å². The maximum absolute atomic E-state index is 13.2. The Morgan fingerprint density at radius 1 is 0.450 bits per heavy atom. The Morgan fingerprint density at radius 3 is 1.34 bits per heavy atom. The van der Waals surface area contributed by atoms with E-state index >= 15 is 0 Å². The number of phenolic OH excluding ortho intramolecular Hbond substituents is 1. The van der Waals surface area contributed by atoms with E-state index in [0.29, 0.717) is 104 Å². The maximum Gasteiger partial charge on any atom is 0.330 e. The molecule has 0 radical (unpaired) electrons. The third-order valence-electron chi connectivity index (χ3n) is 14.6. The van der Waals surface area contributed by atoms with E-state index in [-0.39, 0.29) is 41.4 Å².